The summed E-state index contributed by atoms with van der Waals surface area (Å²) in [6.45, 7) is 0. The summed E-state index contributed by atoms with van der Waals surface area (Å²) in [5, 5.41) is 10.5. The first-order chi connectivity index (χ1) is 9.75. The maximum absolute atomic E-state index is 12.2. The molecule has 0 radical (unpaired) electrons. The lowest BCUT2D eigenvalue weighted by Crippen LogP contribution is -2.27. The predicted molar refractivity (Wildman–Crippen MR) is 78.1 cm³/mol. The molecule has 1 heterocycles. The fraction of sp³-hybridized carbons (Fsp3) is 0.0667. The molecule has 0 fully saturated rings. The quantitative estimate of drug-likeness (QED) is 0.679. The lowest BCUT2D eigenvalue weighted by molar-refractivity contribution is -0.117. The van der Waals surface area contributed by atoms with E-state index in [2.05, 4.69) is 15.5 Å². The Bertz CT molecular complexity index is 736. The second-order valence-electron chi connectivity index (χ2n) is 4.51. The van der Waals surface area contributed by atoms with Gasteiger partial charge in [-0.1, -0.05) is 36.4 Å². The molecule has 20 heavy (non-hydrogen) atoms. The molecular weight excluding hydrogens is 252 g/mol. The molecule has 4 N–H and O–H groups in total. The van der Waals surface area contributed by atoms with Crippen LogP contribution in [0.4, 0.5) is 5.69 Å². The Hall–Kier alpha value is -2.66. The number of nitrogens with zero attached hydrogens (tertiary/aromatic N) is 1. The van der Waals surface area contributed by atoms with Crippen molar-refractivity contribution in [2.75, 3.05) is 5.32 Å². The van der Waals surface area contributed by atoms with Crippen LogP contribution in [0.1, 0.15) is 11.6 Å². The van der Waals surface area contributed by atoms with Gasteiger partial charge in [-0.05, 0) is 17.7 Å². The molecule has 100 valence electrons. The van der Waals surface area contributed by atoms with Crippen molar-refractivity contribution in [2.45, 2.75) is 6.04 Å². The monoisotopic (exact) mass is 266 g/mol. The zero-order valence-corrected chi connectivity index (χ0v) is 10.7. The lowest BCUT2D eigenvalue weighted by Gasteiger charge is -2.13. The number of aromatic amines is 1. The van der Waals surface area contributed by atoms with Crippen LogP contribution in [0.2, 0.25) is 0 Å². The van der Waals surface area contributed by atoms with Crippen LogP contribution in [-0.2, 0) is 4.79 Å². The van der Waals surface area contributed by atoms with Crippen LogP contribution < -0.4 is 11.1 Å². The van der Waals surface area contributed by atoms with Crippen LogP contribution in [0.5, 0.6) is 0 Å². The minimum atomic E-state index is -0.696. The van der Waals surface area contributed by atoms with Gasteiger partial charge in [0.25, 0.3) is 0 Å². The minimum Gasteiger partial charge on any atom is -0.324 e. The van der Waals surface area contributed by atoms with E-state index in [0.717, 1.165) is 16.5 Å². The SMILES string of the molecule is N[C@H](C(=O)Nc1cccc2[nH]ncc12)c1ccccc1. The maximum atomic E-state index is 12.2. The third-order valence-corrected chi connectivity index (χ3v) is 3.18. The Morgan fingerprint density at radius 1 is 1.15 bits per heavy atom. The summed E-state index contributed by atoms with van der Waals surface area (Å²) >= 11 is 0. The number of H-pyrrole nitrogens is 1. The molecule has 1 aromatic heterocycles. The molecular formula is C15H14N4O. The van der Waals surface area contributed by atoms with Gasteiger partial charge in [-0.25, -0.2) is 0 Å². The van der Waals surface area contributed by atoms with Gasteiger partial charge in [0, 0.05) is 5.39 Å². The lowest BCUT2D eigenvalue weighted by atomic mass is 10.1. The molecule has 2 aromatic carbocycles. The van der Waals surface area contributed by atoms with Crippen LogP contribution >= 0.6 is 0 Å². The fourth-order valence-electron chi connectivity index (χ4n) is 2.10. The molecule has 5 nitrogen and oxygen atoms in total. The van der Waals surface area contributed by atoms with Crippen LogP contribution in [0.15, 0.2) is 54.7 Å². The fourth-order valence-corrected chi connectivity index (χ4v) is 2.10. The molecule has 0 aliphatic rings. The average molecular weight is 266 g/mol. The van der Waals surface area contributed by atoms with E-state index >= 15 is 0 Å². The standard InChI is InChI=1S/C15H14N4O/c16-14(10-5-2-1-3-6-10)15(20)18-12-7-4-8-13-11(12)9-17-19-13/h1-9,14H,16H2,(H,17,19)(H,18,20)/t14-/m0/s1. The highest BCUT2D eigenvalue weighted by atomic mass is 16.2. The van der Waals surface area contributed by atoms with E-state index < -0.39 is 6.04 Å². The molecule has 5 heteroatoms. The summed E-state index contributed by atoms with van der Waals surface area (Å²) in [5.41, 5.74) is 8.32. The Morgan fingerprint density at radius 3 is 2.75 bits per heavy atom. The largest absolute Gasteiger partial charge is 0.324 e. The number of fused-ring (bicyclic) bond motifs is 1. The number of rotatable bonds is 3. The first kappa shape index (κ1) is 12.4. The molecule has 3 rings (SSSR count). The molecule has 0 aliphatic carbocycles. The van der Waals surface area contributed by atoms with E-state index in [0.29, 0.717) is 5.69 Å². The van der Waals surface area contributed by atoms with Crippen LogP contribution in [-0.4, -0.2) is 16.1 Å². The highest BCUT2D eigenvalue weighted by molar-refractivity contribution is 6.02. The zero-order valence-electron chi connectivity index (χ0n) is 10.7. The average Bonchev–Trinajstić information content (AvgIpc) is 2.97. The Morgan fingerprint density at radius 2 is 1.95 bits per heavy atom. The Kier molecular flexibility index (Phi) is 3.18. The van der Waals surface area contributed by atoms with Gasteiger partial charge < -0.3 is 11.1 Å². The molecule has 1 amide bonds. The number of carbonyl (C=O) groups excluding carboxylic acids is 1. The van der Waals surface area contributed by atoms with Gasteiger partial charge in [-0.2, -0.15) is 5.10 Å². The first-order valence-corrected chi connectivity index (χ1v) is 6.29. The molecule has 1 atom stereocenters. The van der Waals surface area contributed by atoms with E-state index in [4.69, 9.17) is 5.73 Å². The Balaban J connectivity index is 1.84. The number of amides is 1. The van der Waals surface area contributed by atoms with Gasteiger partial charge in [0.15, 0.2) is 0 Å². The topological polar surface area (TPSA) is 83.8 Å². The molecule has 0 aliphatic heterocycles. The molecule has 0 saturated heterocycles. The second kappa shape index (κ2) is 5.14. The van der Waals surface area contributed by atoms with Crippen molar-refractivity contribution in [3.05, 3.63) is 60.3 Å². The molecule has 0 unspecified atom stereocenters. The van der Waals surface area contributed by atoms with Gasteiger partial charge in [0.05, 0.1) is 17.4 Å². The number of benzene rings is 2. The summed E-state index contributed by atoms with van der Waals surface area (Å²) < 4.78 is 0. The molecule has 3 aromatic rings. The summed E-state index contributed by atoms with van der Waals surface area (Å²) in [7, 11) is 0. The van der Waals surface area contributed by atoms with Crippen molar-refractivity contribution in [3.63, 3.8) is 0 Å². The normalized spacial score (nSPS) is 12.2. The van der Waals surface area contributed by atoms with Crippen molar-refractivity contribution in [1.82, 2.24) is 10.2 Å². The van der Waals surface area contributed by atoms with Crippen LogP contribution in [0, 0.1) is 0 Å². The van der Waals surface area contributed by atoms with Crippen LogP contribution in [0.3, 0.4) is 0 Å². The van der Waals surface area contributed by atoms with Crippen molar-refractivity contribution < 1.29 is 4.79 Å². The van der Waals surface area contributed by atoms with Gasteiger partial charge in [-0.3, -0.25) is 9.89 Å². The van der Waals surface area contributed by atoms with Gasteiger partial charge in [-0.15, -0.1) is 0 Å². The van der Waals surface area contributed by atoms with E-state index in [1.54, 1.807) is 6.20 Å². The summed E-state index contributed by atoms with van der Waals surface area (Å²) in [6.07, 6.45) is 1.68. The van der Waals surface area contributed by atoms with Crippen molar-refractivity contribution in [3.8, 4) is 0 Å². The van der Waals surface area contributed by atoms with Gasteiger partial charge >= 0.3 is 0 Å². The van der Waals surface area contributed by atoms with Crippen LogP contribution in [0.25, 0.3) is 10.9 Å². The van der Waals surface area contributed by atoms with E-state index in [1.807, 2.05) is 48.5 Å². The third-order valence-electron chi connectivity index (χ3n) is 3.18. The summed E-state index contributed by atoms with van der Waals surface area (Å²) in [4.78, 5) is 12.2. The summed E-state index contributed by atoms with van der Waals surface area (Å²) in [6, 6.07) is 14.2. The molecule has 0 bridgehead atoms. The maximum Gasteiger partial charge on any atom is 0.245 e. The van der Waals surface area contributed by atoms with Crippen molar-refractivity contribution in [2.24, 2.45) is 5.73 Å². The van der Waals surface area contributed by atoms with E-state index in [-0.39, 0.29) is 5.91 Å². The molecule has 0 spiro atoms. The first-order valence-electron chi connectivity index (χ1n) is 6.29. The van der Waals surface area contributed by atoms with Crippen molar-refractivity contribution in [1.29, 1.82) is 0 Å². The van der Waals surface area contributed by atoms with E-state index in [9.17, 15) is 4.79 Å². The highest BCUT2D eigenvalue weighted by Crippen LogP contribution is 2.22. The summed E-state index contributed by atoms with van der Waals surface area (Å²) in [5.74, 6) is -0.245. The number of aromatic nitrogens is 2. The zero-order chi connectivity index (χ0) is 13.9. The molecule has 0 saturated carbocycles. The minimum absolute atomic E-state index is 0.245. The predicted octanol–water partition coefficient (Wildman–Crippen LogP) is 2.20. The number of hydrogen-bond acceptors (Lipinski definition) is 3. The second-order valence-corrected chi connectivity index (χ2v) is 4.51. The highest BCUT2D eigenvalue weighted by Gasteiger charge is 2.16. The number of carbonyl (C=O) groups is 1. The van der Waals surface area contributed by atoms with E-state index in [1.165, 1.54) is 0 Å². The Labute approximate surface area is 115 Å². The number of nitrogens with two attached hydrogens (primary N) is 1. The number of anilines is 1. The smallest absolute Gasteiger partial charge is 0.245 e. The van der Waals surface area contributed by atoms with Crippen molar-refractivity contribution >= 4 is 22.5 Å². The van der Waals surface area contributed by atoms with Gasteiger partial charge in [0.1, 0.15) is 6.04 Å². The van der Waals surface area contributed by atoms with Gasteiger partial charge in [0.2, 0.25) is 5.91 Å². The number of nitrogens with one attached hydrogen (secondary N) is 2. The number of hydrogen-bond donors (Lipinski definition) is 3. The third kappa shape index (κ3) is 2.26.